The van der Waals surface area contributed by atoms with E-state index in [0.29, 0.717) is 5.82 Å². The summed E-state index contributed by atoms with van der Waals surface area (Å²) < 4.78 is 24.2. The third-order valence-corrected chi connectivity index (χ3v) is 4.52. The number of rotatable bonds is 7. The minimum Gasteiger partial charge on any atom is -0.454 e. The fourth-order valence-electron chi connectivity index (χ4n) is 2.83. The smallest absolute Gasteiger partial charge is 0.329 e. The summed E-state index contributed by atoms with van der Waals surface area (Å²) in [5, 5.41) is 6.44. The first-order valence-electron chi connectivity index (χ1n) is 9.47. The number of carbonyl (C=O) groups is 2. The van der Waals surface area contributed by atoms with Crippen LogP contribution in [-0.2, 0) is 16.1 Å². The van der Waals surface area contributed by atoms with Gasteiger partial charge in [0.15, 0.2) is 6.61 Å². The van der Waals surface area contributed by atoms with Crippen LogP contribution in [0.25, 0.3) is 11.4 Å². The van der Waals surface area contributed by atoms with Crippen molar-refractivity contribution in [1.29, 1.82) is 0 Å². The van der Waals surface area contributed by atoms with Gasteiger partial charge in [0, 0.05) is 5.56 Å². The molecule has 3 aromatic rings. The molecule has 1 aromatic heterocycles. The number of aromatic nitrogens is 2. The average molecular weight is 411 g/mol. The van der Waals surface area contributed by atoms with Crippen molar-refractivity contribution in [2.45, 2.75) is 33.4 Å². The molecule has 7 nitrogen and oxygen atoms in total. The number of hydrogen-bond acceptors (Lipinski definition) is 6. The molecule has 0 aliphatic rings. The van der Waals surface area contributed by atoms with Crippen molar-refractivity contribution in [3.05, 3.63) is 71.4 Å². The molecule has 0 radical (unpaired) electrons. The van der Waals surface area contributed by atoms with Crippen LogP contribution in [0.1, 0.15) is 35.7 Å². The van der Waals surface area contributed by atoms with E-state index in [0.717, 1.165) is 11.1 Å². The highest BCUT2D eigenvalue weighted by atomic mass is 19.1. The van der Waals surface area contributed by atoms with Gasteiger partial charge >= 0.3 is 5.97 Å². The van der Waals surface area contributed by atoms with E-state index in [1.165, 1.54) is 18.2 Å². The number of hydrogen-bond donors (Lipinski definition) is 1. The van der Waals surface area contributed by atoms with Crippen LogP contribution in [0.4, 0.5) is 4.39 Å². The van der Waals surface area contributed by atoms with E-state index in [9.17, 15) is 14.0 Å². The lowest BCUT2D eigenvalue weighted by atomic mass is 10.0. The number of esters is 1. The van der Waals surface area contributed by atoms with Gasteiger partial charge in [0.25, 0.3) is 11.8 Å². The maximum atomic E-state index is 13.8. The van der Waals surface area contributed by atoms with Crippen LogP contribution in [0.15, 0.2) is 53.1 Å². The fourth-order valence-corrected chi connectivity index (χ4v) is 2.83. The number of amides is 1. The molecular formula is C22H22FN3O4. The van der Waals surface area contributed by atoms with Crippen molar-refractivity contribution in [3.8, 4) is 11.4 Å². The lowest BCUT2D eigenvalue weighted by Gasteiger charge is -2.20. The monoisotopic (exact) mass is 411 g/mol. The molecule has 3 rings (SSSR count). The fraction of sp³-hybridized carbons (Fsp3) is 0.273. The van der Waals surface area contributed by atoms with E-state index < -0.39 is 23.7 Å². The van der Waals surface area contributed by atoms with Gasteiger partial charge in [-0.1, -0.05) is 55.4 Å². The Morgan fingerprint density at radius 3 is 2.53 bits per heavy atom. The molecule has 1 heterocycles. The van der Waals surface area contributed by atoms with Crippen LogP contribution >= 0.6 is 0 Å². The molecule has 2 aromatic carbocycles. The second-order valence-corrected chi connectivity index (χ2v) is 7.11. The molecule has 0 fully saturated rings. The van der Waals surface area contributed by atoms with Crippen molar-refractivity contribution in [2.24, 2.45) is 5.92 Å². The minimum absolute atomic E-state index is 0.129. The number of carbonyl (C=O) groups excluding carboxylic acids is 2. The molecule has 30 heavy (non-hydrogen) atoms. The second kappa shape index (κ2) is 9.30. The zero-order chi connectivity index (χ0) is 21.7. The number of halogens is 1. The molecule has 1 amide bonds. The highest BCUT2D eigenvalue weighted by Crippen LogP contribution is 2.20. The maximum absolute atomic E-state index is 13.8. The Hall–Kier alpha value is -3.55. The molecule has 156 valence electrons. The van der Waals surface area contributed by atoms with E-state index in [1.807, 2.05) is 31.2 Å². The van der Waals surface area contributed by atoms with E-state index >= 15 is 0 Å². The quantitative estimate of drug-likeness (QED) is 0.596. The molecular weight excluding hydrogens is 389 g/mol. The maximum Gasteiger partial charge on any atom is 0.329 e. The summed E-state index contributed by atoms with van der Waals surface area (Å²) in [6.45, 7) is 5.18. The zero-order valence-corrected chi connectivity index (χ0v) is 16.9. The van der Waals surface area contributed by atoms with Crippen LogP contribution in [0.3, 0.4) is 0 Å². The molecule has 0 saturated carbocycles. The Kier molecular flexibility index (Phi) is 6.56. The van der Waals surface area contributed by atoms with Gasteiger partial charge in [-0.15, -0.1) is 0 Å². The SMILES string of the molecule is Cc1ccccc1-c1noc(COC(=O)[C@@H](NC(=O)c2ccccc2F)C(C)C)n1. The normalized spacial score (nSPS) is 11.9. The summed E-state index contributed by atoms with van der Waals surface area (Å²) in [6.07, 6.45) is 0. The summed E-state index contributed by atoms with van der Waals surface area (Å²) in [6, 6.07) is 12.2. The molecule has 0 unspecified atom stereocenters. The van der Waals surface area contributed by atoms with Gasteiger partial charge in [-0.25, -0.2) is 9.18 Å². The summed E-state index contributed by atoms with van der Waals surface area (Å²) in [4.78, 5) is 29.1. The van der Waals surface area contributed by atoms with E-state index in [2.05, 4.69) is 15.5 Å². The zero-order valence-electron chi connectivity index (χ0n) is 16.9. The first kappa shape index (κ1) is 21.2. The Labute approximate surface area is 173 Å². The summed E-state index contributed by atoms with van der Waals surface area (Å²) in [5.74, 6) is -1.79. The standard InChI is InChI=1S/C22H22FN3O4/c1-13(2)19(25-21(27)16-10-6-7-11-17(16)23)22(28)29-12-18-24-20(26-30-18)15-9-5-4-8-14(15)3/h4-11,13,19H,12H2,1-3H3,(H,25,27)/t19-/m0/s1. The lowest BCUT2D eigenvalue weighted by Crippen LogP contribution is -2.45. The summed E-state index contributed by atoms with van der Waals surface area (Å²) in [5.41, 5.74) is 1.66. The van der Waals surface area contributed by atoms with E-state index in [4.69, 9.17) is 9.26 Å². The van der Waals surface area contributed by atoms with Crippen molar-refractivity contribution < 1.29 is 23.2 Å². The largest absolute Gasteiger partial charge is 0.454 e. The second-order valence-electron chi connectivity index (χ2n) is 7.11. The van der Waals surface area contributed by atoms with Gasteiger partial charge in [0.1, 0.15) is 11.9 Å². The molecule has 0 saturated heterocycles. The average Bonchev–Trinajstić information content (AvgIpc) is 3.19. The van der Waals surface area contributed by atoms with Gasteiger partial charge in [-0.05, 0) is 30.5 Å². The van der Waals surface area contributed by atoms with Gasteiger partial charge < -0.3 is 14.6 Å². The van der Waals surface area contributed by atoms with Crippen molar-refractivity contribution in [3.63, 3.8) is 0 Å². The first-order chi connectivity index (χ1) is 14.4. The topological polar surface area (TPSA) is 94.3 Å². The van der Waals surface area contributed by atoms with Gasteiger partial charge in [0.2, 0.25) is 5.82 Å². The Balaban J connectivity index is 1.64. The Morgan fingerprint density at radius 1 is 1.13 bits per heavy atom. The predicted octanol–water partition coefficient (Wildman–Crippen LogP) is 3.68. The van der Waals surface area contributed by atoms with Crippen molar-refractivity contribution in [1.82, 2.24) is 15.5 Å². The van der Waals surface area contributed by atoms with Gasteiger partial charge in [-0.2, -0.15) is 4.98 Å². The van der Waals surface area contributed by atoms with Crippen LogP contribution in [0.2, 0.25) is 0 Å². The molecule has 0 aliphatic carbocycles. The number of nitrogens with one attached hydrogen (secondary N) is 1. The number of aryl methyl sites for hydroxylation is 1. The highest BCUT2D eigenvalue weighted by Gasteiger charge is 2.27. The van der Waals surface area contributed by atoms with Crippen LogP contribution < -0.4 is 5.32 Å². The van der Waals surface area contributed by atoms with Gasteiger partial charge in [-0.3, -0.25) is 4.79 Å². The van der Waals surface area contributed by atoms with Crippen LogP contribution in [0.5, 0.6) is 0 Å². The minimum atomic E-state index is -0.962. The molecule has 0 bridgehead atoms. The van der Waals surface area contributed by atoms with Crippen molar-refractivity contribution in [2.75, 3.05) is 0 Å². The Bertz CT molecular complexity index is 1050. The molecule has 1 atom stereocenters. The predicted molar refractivity (Wildman–Crippen MR) is 107 cm³/mol. The van der Waals surface area contributed by atoms with E-state index in [-0.39, 0.29) is 24.0 Å². The van der Waals surface area contributed by atoms with Crippen LogP contribution in [-0.4, -0.2) is 28.1 Å². The number of nitrogens with zero attached hydrogens (tertiary/aromatic N) is 2. The third-order valence-electron chi connectivity index (χ3n) is 4.52. The summed E-state index contributed by atoms with van der Waals surface area (Å²) >= 11 is 0. The summed E-state index contributed by atoms with van der Waals surface area (Å²) in [7, 11) is 0. The van der Waals surface area contributed by atoms with Crippen LogP contribution in [0, 0.1) is 18.7 Å². The molecule has 1 N–H and O–H groups in total. The highest BCUT2D eigenvalue weighted by molar-refractivity contribution is 5.97. The third kappa shape index (κ3) is 4.89. The molecule has 8 heteroatoms. The number of benzene rings is 2. The molecule has 0 spiro atoms. The lowest BCUT2D eigenvalue weighted by molar-refractivity contribution is -0.149. The number of ether oxygens (including phenoxy) is 1. The van der Waals surface area contributed by atoms with E-state index in [1.54, 1.807) is 19.9 Å². The first-order valence-corrected chi connectivity index (χ1v) is 9.47. The van der Waals surface area contributed by atoms with Crippen molar-refractivity contribution >= 4 is 11.9 Å². The Morgan fingerprint density at radius 2 is 1.83 bits per heavy atom. The molecule has 0 aliphatic heterocycles. The van der Waals surface area contributed by atoms with Gasteiger partial charge in [0.05, 0.1) is 5.56 Å².